The van der Waals surface area contributed by atoms with Crippen LogP contribution >= 0.6 is 11.8 Å². The van der Waals surface area contributed by atoms with Crippen LogP contribution in [0.15, 0.2) is 22.8 Å². The molecule has 1 aliphatic heterocycles. The molecule has 4 rings (SSSR count). The van der Waals surface area contributed by atoms with Gasteiger partial charge in [-0.2, -0.15) is 5.10 Å². The summed E-state index contributed by atoms with van der Waals surface area (Å²) < 4.78 is 5.52. The van der Waals surface area contributed by atoms with Crippen LogP contribution in [-0.2, 0) is 0 Å². The molecule has 0 unspecified atom stereocenters. The largest absolute Gasteiger partial charge is 0.463 e. The average Bonchev–Trinajstić information content (AvgIpc) is 3.06. The van der Waals surface area contributed by atoms with Crippen molar-refractivity contribution in [2.45, 2.75) is 18.6 Å². The third-order valence-corrected chi connectivity index (χ3v) is 4.61. The molecule has 0 spiro atoms. The molecular weight excluding hydrogens is 284 g/mol. The van der Waals surface area contributed by atoms with E-state index in [1.807, 2.05) is 12.1 Å². The maximum Gasteiger partial charge on any atom is 0.184 e. The Bertz CT molecular complexity index is 954. The number of nitrogen functional groups attached to an aromatic ring is 1. The highest BCUT2D eigenvalue weighted by Crippen LogP contribution is 2.30. The zero-order valence-corrected chi connectivity index (χ0v) is 12.5. The van der Waals surface area contributed by atoms with E-state index in [0.29, 0.717) is 11.5 Å². The molecule has 0 amide bonds. The molecule has 3 aromatic heterocycles. The Morgan fingerprint density at radius 1 is 1.33 bits per heavy atom. The molecule has 3 N–H and O–H groups in total. The topological polar surface area (TPSA) is 80.7 Å². The smallest absolute Gasteiger partial charge is 0.184 e. The van der Waals surface area contributed by atoms with Crippen molar-refractivity contribution in [1.29, 1.82) is 0 Å². The number of thioether (sulfide) groups is 1. The molecular formula is C15H14N4OS. The number of anilines is 1. The van der Waals surface area contributed by atoms with Crippen LogP contribution in [0.25, 0.3) is 34.0 Å². The molecule has 0 aliphatic carbocycles. The number of fused-ring (bicyclic) bond motifs is 3. The third kappa shape index (κ3) is 1.86. The molecule has 0 aromatic carbocycles. The van der Waals surface area contributed by atoms with E-state index >= 15 is 0 Å². The number of rotatable bonds is 1. The van der Waals surface area contributed by atoms with Gasteiger partial charge < -0.3 is 10.2 Å². The van der Waals surface area contributed by atoms with Crippen molar-refractivity contribution in [3.8, 4) is 11.5 Å². The van der Waals surface area contributed by atoms with Gasteiger partial charge in [-0.15, -0.1) is 11.8 Å². The SMILES string of the molecule is CC1(C)C=c2c(c(-c3ccco3)nc3n[nH]c(N)c23)=CS1. The summed E-state index contributed by atoms with van der Waals surface area (Å²) in [5.74, 6) is 1.28. The van der Waals surface area contributed by atoms with Crippen LogP contribution in [0.1, 0.15) is 13.8 Å². The Morgan fingerprint density at radius 3 is 2.95 bits per heavy atom. The highest BCUT2D eigenvalue weighted by atomic mass is 32.2. The van der Waals surface area contributed by atoms with Crippen molar-refractivity contribution in [2.24, 2.45) is 0 Å². The van der Waals surface area contributed by atoms with E-state index in [1.165, 1.54) is 0 Å². The lowest BCUT2D eigenvalue weighted by Crippen LogP contribution is -2.35. The van der Waals surface area contributed by atoms with Gasteiger partial charge in [0.05, 0.1) is 11.6 Å². The molecule has 3 aromatic rings. The van der Waals surface area contributed by atoms with Crippen LogP contribution < -0.4 is 16.2 Å². The lowest BCUT2D eigenvalue weighted by Gasteiger charge is -2.21. The summed E-state index contributed by atoms with van der Waals surface area (Å²) in [6.45, 7) is 4.35. The van der Waals surface area contributed by atoms with E-state index in [2.05, 4.69) is 40.5 Å². The first-order chi connectivity index (χ1) is 10.1. The summed E-state index contributed by atoms with van der Waals surface area (Å²) in [6.07, 6.45) is 3.87. The molecule has 0 fully saturated rings. The summed E-state index contributed by atoms with van der Waals surface area (Å²) in [5, 5.41) is 12.1. The zero-order valence-electron chi connectivity index (χ0n) is 11.7. The van der Waals surface area contributed by atoms with Crippen molar-refractivity contribution in [2.75, 3.05) is 5.73 Å². The highest BCUT2D eigenvalue weighted by Gasteiger charge is 2.22. The van der Waals surface area contributed by atoms with Crippen LogP contribution in [0.4, 0.5) is 5.82 Å². The number of pyridine rings is 1. The predicted molar refractivity (Wildman–Crippen MR) is 85.9 cm³/mol. The molecule has 0 saturated heterocycles. The second kappa shape index (κ2) is 4.14. The van der Waals surface area contributed by atoms with E-state index in [1.54, 1.807) is 18.0 Å². The van der Waals surface area contributed by atoms with Crippen LogP contribution in [0.5, 0.6) is 0 Å². The van der Waals surface area contributed by atoms with Gasteiger partial charge in [0.1, 0.15) is 11.5 Å². The molecule has 5 nitrogen and oxygen atoms in total. The molecule has 4 heterocycles. The summed E-state index contributed by atoms with van der Waals surface area (Å²) in [5.41, 5.74) is 7.45. The molecule has 106 valence electrons. The maximum absolute atomic E-state index is 6.04. The van der Waals surface area contributed by atoms with E-state index in [9.17, 15) is 0 Å². The quantitative estimate of drug-likeness (QED) is 0.716. The Morgan fingerprint density at radius 2 is 2.19 bits per heavy atom. The standard InChI is InChI=1S/C15H14N4OS/c1-15(2)6-8-9(7-21-15)12(10-4-3-5-20-10)17-14-11(8)13(16)18-19-14/h3-7H,1-2H3,(H3,16,18,19). The summed E-state index contributed by atoms with van der Waals surface area (Å²) in [4.78, 5) is 4.62. The van der Waals surface area contributed by atoms with E-state index in [0.717, 1.165) is 27.3 Å². The zero-order chi connectivity index (χ0) is 14.6. The summed E-state index contributed by atoms with van der Waals surface area (Å²) in [7, 11) is 0. The van der Waals surface area contributed by atoms with E-state index < -0.39 is 0 Å². The van der Waals surface area contributed by atoms with Gasteiger partial charge in [0.2, 0.25) is 0 Å². The van der Waals surface area contributed by atoms with E-state index in [-0.39, 0.29) is 4.75 Å². The fourth-order valence-electron chi connectivity index (χ4n) is 2.58. The molecule has 0 bridgehead atoms. The lowest BCUT2D eigenvalue weighted by molar-refractivity contribution is 0.579. The Labute approximate surface area is 124 Å². The van der Waals surface area contributed by atoms with Crippen molar-refractivity contribution in [3.63, 3.8) is 0 Å². The van der Waals surface area contributed by atoms with Crippen LogP contribution in [0.2, 0.25) is 0 Å². The van der Waals surface area contributed by atoms with Crippen LogP contribution in [-0.4, -0.2) is 19.9 Å². The first-order valence-corrected chi connectivity index (χ1v) is 7.51. The van der Waals surface area contributed by atoms with Crippen molar-refractivity contribution >= 4 is 40.1 Å². The first kappa shape index (κ1) is 12.5. The molecule has 1 aliphatic rings. The normalized spacial score (nSPS) is 16.3. The molecule has 6 heteroatoms. The van der Waals surface area contributed by atoms with Crippen molar-refractivity contribution in [1.82, 2.24) is 15.2 Å². The fraction of sp³-hybridized carbons (Fsp3) is 0.200. The van der Waals surface area contributed by atoms with Gasteiger partial charge in [0.15, 0.2) is 11.4 Å². The monoisotopic (exact) mass is 298 g/mol. The fourth-order valence-corrected chi connectivity index (χ4v) is 3.43. The minimum absolute atomic E-state index is 0.00538. The molecule has 21 heavy (non-hydrogen) atoms. The number of aromatic nitrogens is 3. The van der Waals surface area contributed by atoms with Gasteiger partial charge in [-0.1, -0.05) is 6.08 Å². The number of hydrogen-bond donors (Lipinski definition) is 2. The number of hydrogen-bond acceptors (Lipinski definition) is 5. The second-order valence-electron chi connectivity index (χ2n) is 5.58. The average molecular weight is 298 g/mol. The van der Waals surface area contributed by atoms with Gasteiger partial charge in [-0.3, -0.25) is 5.10 Å². The Kier molecular flexibility index (Phi) is 2.47. The van der Waals surface area contributed by atoms with Crippen LogP contribution in [0, 0.1) is 0 Å². The van der Waals surface area contributed by atoms with Crippen molar-refractivity contribution in [3.05, 3.63) is 28.8 Å². The number of nitrogens with zero attached hydrogens (tertiary/aromatic N) is 2. The number of furan rings is 1. The summed E-state index contributed by atoms with van der Waals surface area (Å²) in [6, 6.07) is 3.76. The summed E-state index contributed by atoms with van der Waals surface area (Å²) >= 11 is 1.76. The predicted octanol–water partition coefficient (Wildman–Crippen LogP) is 1.84. The minimum Gasteiger partial charge on any atom is -0.463 e. The van der Waals surface area contributed by atoms with Crippen molar-refractivity contribution < 1.29 is 4.42 Å². The Balaban J connectivity index is 2.22. The number of H-pyrrole nitrogens is 1. The maximum atomic E-state index is 6.04. The lowest BCUT2D eigenvalue weighted by atomic mass is 10.1. The number of aromatic amines is 1. The van der Waals surface area contributed by atoms with Gasteiger partial charge >= 0.3 is 0 Å². The molecule has 0 saturated carbocycles. The number of nitrogens with one attached hydrogen (secondary N) is 1. The second-order valence-corrected chi connectivity index (χ2v) is 7.11. The van der Waals surface area contributed by atoms with E-state index in [4.69, 9.17) is 10.2 Å². The van der Waals surface area contributed by atoms with Gasteiger partial charge in [0.25, 0.3) is 0 Å². The van der Waals surface area contributed by atoms with Crippen LogP contribution in [0.3, 0.4) is 0 Å². The third-order valence-electron chi connectivity index (χ3n) is 3.53. The number of nitrogens with two attached hydrogens (primary N) is 1. The Hall–Kier alpha value is -2.21. The van der Waals surface area contributed by atoms with Gasteiger partial charge in [0, 0.05) is 9.97 Å². The van der Waals surface area contributed by atoms with Gasteiger partial charge in [-0.05, 0) is 36.6 Å². The highest BCUT2D eigenvalue weighted by molar-refractivity contribution is 8.08. The minimum atomic E-state index is 0.00538. The molecule has 0 radical (unpaired) electrons. The van der Waals surface area contributed by atoms with Gasteiger partial charge in [-0.25, -0.2) is 4.98 Å². The molecule has 0 atom stereocenters. The first-order valence-electron chi connectivity index (χ1n) is 6.63.